The van der Waals surface area contributed by atoms with Crippen molar-refractivity contribution < 1.29 is 18.7 Å². The second-order valence-corrected chi connectivity index (χ2v) is 8.15. The van der Waals surface area contributed by atoms with E-state index in [1.54, 1.807) is 54.6 Å². The molecule has 1 heterocycles. The number of anilines is 1. The number of hydrogen-bond acceptors (Lipinski definition) is 5. The molecular formula is C24H16Cl2N2O4S. The summed E-state index contributed by atoms with van der Waals surface area (Å²) in [4.78, 5) is 25.8. The van der Waals surface area contributed by atoms with Crippen molar-refractivity contribution in [1.29, 1.82) is 0 Å². The van der Waals surface area contributed by atoms with Crippen molar-refractivity contribution in [3.05, 3.63) is 93.7 Å². The number of rotatable bonds is 5. The maximum absolute atomic E-state index is 13.3. The van der Waals surface area contributed by atoms with Crippen molar-refractivity contribution in [3.63, 3.8) is 0 Å². The van der Waals surface area contributed by atoms with E-state index in [4.69, 9.17) is 44.6 Å². The molecule has 6 nitrogen and oxygen atoms in total. The quantitative estimate of drug-likeness (QED) is 0.255. The summed E-state index contributed by atoms with van der Waals surface area (Å²) in [7, 11) is 1.52. The molecule has 0 spiro atoms. The van der Waals surface area contributed by atoms with Gasteiger partial charge in [0, 0.05) is 27.6 Å². The molecule has 33 heavy (non-hydrogen) atoms. The van der Waals surface area contributed by atoms with Gasteiger partial charge in [-0.2, -0.15) is 0 Å². The minimum Gasteiger partial charge on any atom is -0.497 e. The van der Waals surface area contributed by atoms with Gasteiger partial charge in [-0.05, 0) is 54.7 Å². The normalized spacial score (nSPS) is 10.6. The summed E-state index contributed by atoms with van der Waals surface area (Å²) < 4.78 is 11.1. The molecule has 0 aliphatic heterocycles. The number of ketones is 1. The van der Waals surface area contributed by atoms with Crippen molar-refractivity contribution >= 4 is 68.9 Å². The van der Waals surface area contributed by atoms with Gasteiger partial charge in [0.2, 0.25) is 5.78 Å². The molecule has 166 valence electrons. The Labute approximate surface area is 204 Å². The van der Waals surface area contributed by atoms with Crippen molar-refractivity contribution in [3.8, 4) is 5.75 Å². The lowest BCUT2D eigenvalue weighted by Gasteiger charge is -2.10. The van der Waals surface area contributed by atoms with E-state index in [1.807, 2.05) is 0 Å². The Bertz CT molecular complexity index is 1390. The van der Waals surface area contributed by atoms with Gasteiger partial charge in [-0.3, -0.25) is 14.9 Å². The Hall–Kier alpha value is -3.39. The zero-order valence-corrected chi connectivity index (χ0v) is 19.5. The van der Waals surface area contributed by atoms with Crippen molar-refractivity contribution in [2.24, 2.45) is 0 Å². The van der Waals surface area contributed by atoms with E-state index in [0.29, 0.717) is 33.0 Å². The van der Waals surface area contributed by atoms with Gasteiger partial charge in [0.05, 0.1) is 17.8 Å². The first kappa shape index (κ1) is 22.8. The number of halogens is 2. The number of furan rings is 1. The molecule has 1 aromatic heterocycles. The van der Waals surface area contributed by atoms with E-state index < -0.39 is 11.7 Å². The van der Waals surface area contributed by atoms with Gasteiger partial charge in [0.15, 0.2) is 10.9 Å². The fourth-order valence-corrected chi connectivity index (χ4v) is 3.88. The largest absolute Gasteiger partial charge is 0.497 e. The number of fused-ring (bicyclic) bond motifs is 1. The predicted octanol–water partition coefficient (Wildman–Crippen LogP) is 6.11. The zero-order chi connectivity index (χ0) is 23.5. The molecule has 4 rings (SSSR count). The van der Waals surface area contributed by atoms with Crippen LogP contribution in [0.5, 0.6) is 5.75 Å². The number of thiocarbonyl (C=S) groups is 1. The number of hydrogen-bond donors (Lipinski definition) is 2. The molecule has 0 aliphatic carbocycles. The highest BCUT2D eigenvalue weighted by Gasteiger charge is 2.25. The molecule has 0 radical (unpaired) electrons. The minimum atomic E-state index is -0.480. The third-order valence-electron chi connectivity index (χ3n) is 4.78. The van der Waals surface area contributed by atoms with E-state index >= 15 is 0 Å². The van der Waals surface area contributed by atoms with Crippen LogP contribution in [0.3, 0.4) is 0 Å². The van der Waals surface area contributed by atoms with Crippen LogP contribution in [0.1, 0.15) is 26.5 Å². The van der Waals surface area contributed by atoms with Crippen LogP contribution in [0.15, 0.2) is 71.1 Å². The number of carbonyl (C=O) groups excluding carboxylic acids is 2. The molecule has 0 fully saturated rings. The van der Waals surface area contributed by atoms with E-state index in [-0.39, 0.29) is 21.5 Å². The SMILES string of the molecule is COc1ccc2c(NC(=S)NC(=O)c3ccccc3)c(C(=O)c3ccc(Cl)cc3Cl)oc2c1. The maximum Gasteiger partial charge on any atom is 0.257 e. The van der Waals surface area contributed by atoms with Gasteiger partial charge in [-0.25, -0.2) is 0 Å². The molecule has 0 unspecified atom stereocenters. The van der Waals surface area contributed by atoms with Gasteiger partial charge in [0.25, 0.3) is 5.91 Å². The number of nitrogens with one attached hydrogen (secondary N) is 2. The number of methoxy groups -OCH3 is 1. The molecule has 0 aliphatic rings. The first-order chi connectivity index (χ1) is 15.9. The van der Waals surface area contributed by atoms with Crippen LogP contribution in [0.25, 0.3) is 11.0 Å². The molecule has 4 aromatic rings. The van der Waals surface area contributed by atoms with Gasteiger partial charge in [-0.1, -0.05) is 41.4 Å². The van der Waals surface area contributed by atoms with E-state index in [0.717, 1.165) is 0 Å². The fraction of sp³-hybridized carbons (Fsp3) is 0.0417. The summed E-state index contributed by atoms with van der Waals surface area (Å²) in [5.41, 5.74) is 1.33. The summed E-state index contributed by atoms with van der Waals surface area (Å²) >= 11 is 17.5. The maximum atomic E-state index is 13.3. The molecule has 0 atom stereocenters. The van der Waals surface area contributed by atoms with Gasteiger partial charge in [0.1, 0.15) is 11.3 Å². The highest BCUT2D eigenvalue weighted by Crippen LogP contribution is 2.36. The second kappa shape index (κ2) is 9.62. The van der Waals surface area contributed by atoms with E-state index in [9.17, 15) is 9.59 Å². The monoisotopic (exact) mass is 498 g/mol. The van der Waals surface area contributed by atoms with Crippen LogP contribution in [0.4, 0.5) is 5.69 Å². The highest BCUT2D eigenvalue weighted by molar-refractivity contribution is 7.80. The first-order valence-corrected chi connectivity index (χ1v) is 10.8. The molecule has 3 aromatic carbocycles. The molecule has 0 saturated carbocycles. The van der Waals surface area contributed by atoms with Crippen molar-refractivity contribution in [1.82, 2.24) is 5.32 Å². The highest BCUT2D eigenvalue weighted by atomic mass is 35.5. The number of ether oxygens (including phenoxy) is 1. The Balaban J connectivity index is 1.71. The number of carbonyl (C=O) groups is 2. The lowest BCUT2D eigenvalue weighted by atomic mass is 10.1. The fourth-order valence-electron chi connectivity index (χ4n) is 3.19. The standard InChI is InChI=1S/C24H16Cl2N2O4S/c1-31-15-8-10-17-19(12-15)32-22(21(29)16-9-7-14(25)11-18(16)26)20(17)27-24(33)28-23(30)13-5-3-2-4-6-13/h2-12H,1H3,(H2,27,28,30,33). The Morgan fingerprint density at radius 3 is 2.45 bits per heavy atom. The van der Waals surface area contributed by atoms with Gasteiger partial charge in [-0.15, -0.1) is 0 Å². The van der Waals surface area contributed by atoms with Crippen LogP contribution in [0, 0.1) is 0 Å². The third kappa shape index (κ3) is 4.85. The topological polar surface area (TPSA) is 80.6 Å². The minimum absolute atomic E-state index is 0.00127. The predicted molar refractivity (Wildman–Crippen MR) is 133 cm³/mol. The molecular weight excluding hydrogens is 483 g/mol. The summed E-state index contributed by atoms with van der Waals surface area (Å²) in [6, 6.07) is 18.3. The van der Waals surface area contributed by atoms with Crippen LogP contribution >= 0.6 is 35.4 Å². The molecule has 1 amide bonds. The Kier molecular flexibility index (Phi) is 6.65. The van der Waals surface area contributed by atoms with Crippen LogP contribution in [-0.4, -0.2) is 23.9 Å². The van der Waals surface area contributed by atoms with Gasteiger partial charge >= 0.3 is 0 Å². The zero-order valence-electron chi connectivity index (χ0n) is 17.1. The van der Waals surface area contributed by atoms with Crippen molar-refractivity contribution in [2.75, 3.05) is 12.4 Å². The average molecular weight is 499 g/mol. The third-order valence-corrected chi connectivity index (χ3v) is 5.53. The lowest BCUT2D eigenvalue weighted by molar-refractivity contribution is 0.0976. The van der Waals surface area contributed by atoms with E-state index in [1.165, 1.54) is 19.2 Å². The molecule has 0 saturated heterocycles. The first-order valence-electron chi connectivity index (χ1n) is 9.65. The molecule has 9 heteroatoms. The smallest absolute Gasteiger partial charge is 0.257 e. The average Bonchev–Trinajstić information content (AvgIpc) is 3.16. The number of benzene rings is 3. The summed E-state index contributed by atoms with van der Waals surface area (Å²) in [6.07, 6.45) is 0. The van der Waals surface area contributed by atoms with E-state index in [2.05, 4.69) is 10.6 Å². The van der Waals surface area contributed by atoms with Crippen molar-refractivity contribution in [2.45, 2.75) is 0 Å². The van der Waals surface area contributed by atoms with Gasteiger partial charge < -0.3 is 14.5 Å². The Morgan fingerprint density at radius 1 is 1.00 bits per heavy atom. The second-order valence-electron chi connectivity index (χ2n) is 6.90. The lowest BCUT2D eigenvalue weighted by Crippen LogP contribution is -2.34. The van der Waals surface area contributed by atoms with Crippen LogP contribution in [0.2, 0.25) is 10.0 Å². The summed E-state index contributed by atoms with van der Waals surface area (Å²) in [5, 5.41) is 6.68. The van der Waals surface area contributed by atoms with Crippen LogP contribution < -0.4 is 15.4 Å². The molecule has 0 bridgehead atoms. The van der Waals surface area contributed by atoms with Crippen LogP contribution in [-0.2, 0) is 0 Å². The number of amides is 1. The Morgan fingerprint density at radius 2 is 1.76 bits per heavy atom. The summed E-state index contributed by atoms with van der Waals surface area (Å²) in [6.45, 7) is 0. The summed E-state index contributed by atoms with van der Waals surface area (Å²) in [5.74, 6) is -0.354. The molecule has 2 N–H and O–H groups in total.